The Morgan fingerprint density at radius 1 is 1.00 bits per heavy atom. The van der Waals surface area contributed by atoms with Crippen LogP contribution in [0.5, 0.6) is 0 Å². The number of rotatable bonds is 6. The van der Waals surface area contributed by atoms with Crippen LogP contribution < -0.4 is 0 Å². The molecule has 0 fully saturated rings. The molecule has 0 rings (SSSR count). The summed E-state index contributed by atoms with van der Waals surface area (Å²) in [5.74, 6) is -1.83. The zero-order valence-corrected chi connectivity index (χ0v) is 7.59. The molecule has 0 heterocycles. The number of allylic oxidation sites excluding steroid dienone is 5. The van der Waals surface area contributed by atoms with Crippen LogP contribution in [-0.4, -0.2) is 22.2 Å². The lowest BCUT2D eigenvalue weighted by Crippen LogP contribution is -1.91. The molecule has 0 atom stereocenters. The molecule has 4 heteroatoms. The maximum absolute atomic E-state index is 10.1. The minimum absolute atomic E-state index is 0.106. The van der Waals surface area contributed by atoms with Crippen LogP contribution in [0.25, 0.3) is 0 Å². The Hall–Kier alpha value is -1.84. The highest BCUT2D eigenvalue weighted by Gasteiger charge is 1.90. The van der Waals surface area contributed by atoms with Gasteiger partial charge in [-0.25, -0.2) is 4.79 Å². The first-order valence-corrected chi connectivity index (χ1v) is 4.07. The zero-order chi connectivity index (χ0) is 10.8. The summed E-state index contributed by atoms with van der Waals surface area (Å²) in [7, 11) is 0. The van der Waals surface area contributed by atoms with Gasteiger partial charge in [-0.3, -0.25) is 4.79 Å². The molecule has 0 aromatic rings. The van der Waals surface area contributed by atoms with E-state index in [4.69, 9.17) is 10.2 Å². The lowest BCUT2D eigenvalue weighted by Gasteiger charge is -1.84. The van der Waals surface area contributed by atoms with Crippen molar-refractivity contribution in [1.82, 2.24) is 0 Å². The topological polar surface area (TPSA) is 74.6 Å². The first-order chi connectivity index (χ1) is 6.63. The van der Waals surface area contributed by atoms with Crippen LogP contribution in [0.4, 0.5) is 0 Å². The zero-order valence-electron chi connectivity index (χ0n) is 7.59. The fourth-order valence-corrected chi connectivity index (χ4v) is 0.648. The molecule has 4 nitrogen and oxygen atoms in total. The maximum Gasteiger partial charge on any atom is 0.328 e. The lowest BCUT2D eigenvalue weighted by molar-refractivity contribution is -0.137. The highest BCUT2D eigenvalue weighted by atomic mass is 16.4. The van der Waals surface area contributed by atoms with E-state index in [1.165, 1.54) is 6.08 Å². The smallest absolute Gasteiger partial charge is 0.328 e. The SMILES string of the molecule is O=C(O)C=CC=CC=CCCC(=O)O. The van der Waals surface area contributed by atoms with E-state index in [1.807, 2.05) is 0 Å². The molecule has 0 bridgehead atoms. The fourth-order valence-electron chi connectivity index (χ4n) is 0.648. The van der Waals surface area contributed by atoms with Crippen molar-refractivity contribution >= 4 is 11.9 Å². The van der Waals surface area contributed by atoms with Gasteiger partial charge in [-0.2, -0.15) is 0 Å². The first-order valence-electron chi connectivity index (χ1n) is 4.07. The predicted molar refractivity (Wildman–Crippen MR) is 51.9 cm³/mol. The number of hydrogen-bond donors (Lipinski definition) is 2. The van der Waals surface area contributed by atoms with E-state index in [9.17, 15) is 9.59 Å². The van der Waals surface area contributed by atoms with E-state index in [0.717, 1.165) is 6.08 Å². The van der Waals surface area contributed by atoms with Gasteiger partial charge in [0, 0.05) is 12.5 Å². The van der Waals surface area contributed by atoms with Crippen LogP contribution in [0.3, 0.4) is 0 Å². The summed E-state index contributed by atoms with van der Waals surface area (Å²) in [6.45, 7) is 0. The molecule has 0 amide bonds. The Morgan fingerprint density at radius 2 is 1.64 bits per heavy atom. The van der Waals surface area contributed by atoms with Crippen LogP contribution in [0.1, 0.15) is 12.8 Å². The fraction of sp³-hybridized carbons (Fsp3) is 0.200. The largest absolute Gasteiger partial charge is 0.481 e. The molecular weight excluding hydrogens is 184 g/mol. The highest BCUT2D eigenvalue weighted by Crippen LogP contribution is 1.91. The Morgan fingerprint density at radius 3 is 2.21 bits per heavy atom. The van der Waals surface area contributed by atoms with Gasteiger partial charge in [0.1, 0.15) is 0 Å². The molecule has 0 aliphatic rings. The molecule has 0 saturated carbocycles. The summed E-state index contributed by atoms with van der Waals surface area (Å²) in [5.41, 5.74) is 0. The van der Waals surface area contributed by atoms with Gasteiger partial charge >= 0.3 is 11.9 Å². The summed E-state index contributed by atoms with van der Waals surface area (Å²) in [6.07, 6.45) is 9.57. The van der Waals surface area contributed by atoms with Gasteiger partial charge in [-0.05, 0) is 6.42 Å². The molecule has 0 radical (unpaired) electrons. The molecule has 76 valence electrons. The van der Waals surface area contributed by atoms with Crippen molar-refractivity contribution in [2.45, 2.75) is 12.8 Å². The van der Waals surface area contributed by atoms with Crippen molar-refractivity contribution in [2.75, 3.05) is 0 Å². The molecule has 0 spiro atoms. The van der Waals surface area contributed by atoms with Crippen molar-refractivity contribution in [2.24, 2.45) is 0 Å². The maximum atomic E-state index is 10.1. The second-order valence-corrected chi connectivity index (χ2v) is 2.44. The summed E-state index contributed by atoms with van der Waals surface area (Å²) >= 11 is 0. The minimum Gasteiger partial charge on any atom is -0.481 e. The second-order valence-electron chi connectivity index (χ2n) is 2.44. The molecule has 0 aliphatic heterocycles. The average molecular weight is 196 g/mol. The number of carboxylic acids is 2. The van der Waals surface area contributed by atoms with Gasteiger partial charge in [0.2, 0.25) is 0 Å². The minimum atomic E-state index is -0.996. The van der Waals surface area contributed by atoms with Gasteiger partial charge < -0.3 is 10.2 Å². The normalized spacial score (nSPS) is 11.7. The van der Waals surface area contributed by atoms with Crippen LogP contribution >= 0.6 is 0 Å². The third-order valence-electron chi connectivity index (χ3n) is 1.23. The molecule has 0 aromatic carbocycles. The van der Waals surface area contributed by atoms with Crippen molar-refractivity contribution in [3.05, 3.63) is 36.5 Å². The molecule has 0 unspecified atom stereocenters. The Labute approximate surface area is 81.9 Å². The number of carboxylic acid groups (broad SMARTS) is 2. The van der Waals surface area contributed by atoms with E-state index >= 15 is 0 Å². The number of carbonyl (C=O) groups is 2. The van der Waals surface area contributed by atoms with Gasteiger partial charge in [0.05, 0.1) is 0 Å². The molecule has 2 N–H and O–H groups in total. The van der Waals surface area contributed by atoms with Crippen LogP contribution in [0, 0.1) is 0 Å². The van der Waals surface area contributed by atoms with Crippen LogP contribution in [0.15, 0.2) is 36.5 Å². The monoisotopic (exact) mass is 196 g/mol. The summed E-state index contributed by atoms with van der Waals surface area (Å²) < 4.78 is 0. The third kappa shape index (κ3) is 10.2. The summed E-state index contributed by atoms with van der Waals surface area (Å²) in [4.78, 5) is 20.1. The highest BCUT2D eigenvalue weighted by molar-refractivity contribution is 5.80. The van der Waals surface area contributed by atoms with Crippen molar-refractivity contribution in [3.8, 4) is 0 Å². The predicted octanol–water partition coefficient (Wildman–Crippen LogP) is 1.60. The summed E-state index contributed by atoms with van der Waals surface area (Å²) in [5, 5.41) is 16.5. The average Bonchev–Trinajstić information content (AvgIpc) is 2.08. The standard InChI is InChI=1S/C10H12O4/c11-9(12)7-5-3-1-2-4-6-8-10(13)14/h1-5,7H,6,8H2,(H,11,12)(H,13,14). The first kappa shape index (κ1) is 12.2. The van der Waals surface area contributed by atoms with Crippen molar-refractivity contribution in [3.63, 3.8) is 0 Å². The number of aliphatic carboxylic acids is 2. The Bertz CT molecular complexity index is 274. The number of hydrogen-bond acceptors (Lipinski definition) is 2. The van der Waals surface area contributed by atoms with E-state index in [1.54, 1.807) is 24.3 Å². The van der Waals surface area contributed by atoms with E-state index in [-0.39, 0.29) is 6.42 Å². The van der Waals surface area contributed by atoms with Gasteiger partial charge in [-0.15, -0.1) is 0 Å². The quantitative estimate of drug-likeness (QED) is 0.500. The van der Waals surface area contributed by atoms with Crippen molar-refractivity contribution < 1.29 is 19.8 Å². The van der Waals surface area contributed by atoms with Crippen LogP contribution in [0.2, 0.25) is 0 Å². The van der Waals surface area contributed by atoms with Gasteiger partial charge in [-0.1, -0.05) is 30.4 Å². The molecule has 14 heavy (non-hydrogen) atoms. The van der Waals surface area contributed by atoms with Gasteiger partial charge in [0.15, 0.2) is 0 Å². The van der Waals surface area contributed by atoms with E-state index < -0.39 is 11.9 Å². The van der Waals surface area contributed by atoms with E-state index in [2.05, 4.69) is 0 Å². The van der Waals surface area contributed by atoms with Crippen LogP contribution in [-0.2, 0) is 9.59 Å². The molecule has 0 aliphatic carbocycles. The Kier molecular flexibility index (Phi) is 6.77. The molecular formula is C10H12O4. The second kappa shape index (κ2) is 7.79. The van der Waals surface area contributed by atoms with Gasteiger partial charge in [0.25, 0.3) is 0 Å². The van der Waals surface area contributed by atoms with E-state index in [0.29, 0.717) is 6.42 Å². The lowest BCUT2D eigenvalue weighted by atomic mass is 10.3. The van der Waals surface area contributed by atoms with Crippen molar-refractivity contribution in [1.29, 1.82) is 0 Å². The third-order valence-corrected chi connectivity index (χ3v) is 1.23. The molecule has 0 aromatic heterocycles. The Balaban J connectivity index is 3.61. The molecule has 0 saturated heterocycles. The summed E-state index contributed by atoms with van der Waals surface area (Å²) in [6, 6.07) is 0.